The van der Waals surface area contributed by atoms with Gasteiger partial charge in [-0.25, -0.2) is 0 Å². The van der Waals surface area contributed by atoms with E-state index < -0.39 is 0 Å². The quantitative estimate of drug-likeness (QED) is 0.499. The van der Waals surface area contributed by atoms with Crippen LogP contribution in [0.3, 0.4) is 0 Å². The van der Waals surface area contributed by atoms with Gasteiger partial charge in [-0.1, -0.05) is 30.9 Å². The minimum atomic E-state index is 1.18. The summed E-state index contributed by atoms with van der Waals surface area (Å²) >= 11 is 0. The molecule has 0 aromatic rings. The van der Waals surface area contributed by atoms with Crippen LogP contribution in [0.4, 0.5) is 0 Å². The van der Waals surface area contributed by atoms with Gasteiger partial charge in [0, 0.05) is 0 Å². The molecule has 0 heterocycles. The number of hydrogen-bond donors (Lipinski definition) is 0. The molecule has 1 rings (SSSR count). The topological polar surface area (TPSA) is 0 Å². The maximum atomic E-state index is 3.94. The van der Waals surface area contributed by atoms with Gasteiger partial charge in [-0.3, -0.25) is 0 Å². The maximum Gasteiger partial charge on any atom is -0.0273 e. The Kier molecular flexibility index (Phi) is 1.88. The van der Waals surface area contributed by atoms with Gasteiger partial charge in [0.15, 0.2) is 0 Å². The van der Waals surface area contributed by atoms with Gasteiger partial charge >= 0.3 is 0 Å². The van der Waals surface area contributed by atoms with Crippen molar-refractivity contribution in [3.05, 3.63) is 36.5 Å². The lowest BCUT2D eigenvalue weighted by molar-refractivity contribution is 0.933. The van der Waals surface area contributed by atoms with Gasteiger partial charge in [-0.2, -0.15) is 0 Å². The summed E-state index contributed by atoms with van der Waals surface area (Å²) in [4.78, 5) is 0. The third-order valence-corrected chi connectivity index (χ3v) is 1.70. The SMILES string of the molecule is C=CC=C1CCCC1=C. The number of hydrogen-bond acceptors (Lipinski definition) is 0. The Morgan fingerprint density at radius 3 is 2.56 bits per heavy atom. The molecule has 0 heteroatoms. The summed E-state index contributed by atoms with van der Waals surface area (Å²) in [7, 11) is 0. The molecule has 0 amide bonds. The summed E-state index contributed by atoms with van der Waals surface area (Å²) < 4.78 is 0. The van der Waals surface area contributed by atoms with Gasteiger partial charge < -0.3 is 0 Å². The van der Waals surface area contributed by atoms with Crippen LogP contribution in [0.25, 0.3) is 0 Å². The van der Waals surface area contributed by atoms with Crippen LogP contribution < -0.4 is 0 Å². The van der Waals surface area contributed by atoms with Crippen molar-refractivity contribution in [1.82, 2.24) is 0 Å². The van der Waals surface area contributed by atoms with Crippen molar-refractivity contribution in [2.75, 3.05) is 0 Å². The summed E-state index contributed by atoms with van der Waals surface area (Å²) in [5.74, 6) is 0. The van der Waals surface area contributed by atoms with Crippen LogP contribution in [-0.2, 0) is 0 Å². The van der Waals surface area contributed by atoms with E-state index in [2.05, 4.69) is 19.2 Å². The van der Waals surface area contributed by atoms with E-state index in [1.54, 1.807) is 0 Å². The van der Waals surface area contributed by atoms with Crippen molar-refractivity contribution in [2.45, 2.75) is 19.3 Å². The molecule has 1 saturated carbocycles. The van der Waals surface area contributed by atoms with Crippen LogP contribution in [0.15, 0.2) is 36.5 Å². The van der Waals surface area contributed by atoms with Crippen LogP contribution >= 0.6 is 0 Å². The van der Waals surface area contributed by atoms with E-state index in [-0.39, 0.29) is 0 Å². The van der Waals surface area contributed by atoms with E-state index in [1.165, 1.54) is 30.4 Å². The zero-order chi connectivity index (χ0) is 6.69. The summed E-state index contributed by atoms with van der Waals surface area (Å²) in [6.45, 7) is 7.58. The summed E-state index contributed by atoms with van der Waals surface area (Å²) in [5, 5.41) is 0. The molecule has 0 radical (unpaired) electrons. The average Bonchev–Trinajstić information content (AvgIpc) is 2.18. The first kappa shape index (κ1) is 6.34. The zero-order valence-electron chi connectivity index (χ0n) is 5.69. The second-order valence-electron chi connectivity index (χ2n) is 2.38. The molecule has 0 N–H and O–H groups in total. The van der Waals surface area contributed by atoms with Gasteiger partial charge in [0.1, 0.15) is 0 Å². The van der Waals surface area contributed by atoms with Crippen molar-refractivity contribution in [2.24, 2.45) is 0 Å². The van der Waals surface area contributed by atoms with E-state index in [0.717, 1.165) is 0 Å². The highest BCUT2D eigenvalue weighted by molar-refractivity contribution is 5.34. The molecule has 0 saturated heterocycles. The van der Waals surface area contributed by atoms with Gasteiger partial charge in [-0.15, -0.1) is 0 Å². The molecule has 9 heavy (non-hydrogen) atoms. The molecule has 0 unspecified atom stereocenters. The molecule has 0 aliphatic heterocycles. The van der Waals surface area contributed by atoms with Crippen LogP contribution in [0.2, 0.25) is 0 Å². The first-order valence-corrected chi connectivity index (χ1v) is 3.34. The highest BCUT2D eigenvalue weighted by Crippen LogP contribution is 2.28. The van der Waals surface area contributed by atoms with Crippen molar-refractivity contribution < 1.29 is 0 Å². The highest BCUT2D eigenvalue weighted by atomic mass is 14.1. The van der Waals surface area contributed by atoms with Gasteiger partial charge in [0.05, 0.1) is 0 Å². The second kappa shape index (κ2) is 2.67. The Labute approximate surface area is 56.6 Å². The highest BCUT2D eigenvalue weighted by Gasteiger charge is 2.08. The fourth-order valence-corrected chi connectivity index (χ4v) is 1.17. The lowest BCUT2D eigenvalue weighted by Crippen LogP contribution is -1.72. The largest absolute Gasteiger partial charge is 0.0991 e. The third-order valence-electron chi connectivity index (χ3n) is 1.70. The van der Waals surface area contributed by atoms with Crippen molar-refractivity contribution in [1.29, 1.82) is 0 Å². The molecule has 0 spiro atoms. The molecule has 0 bridgehead atoms. The molecule has 0 atom stereocenters. The molecular weight excluding hydrogens is 108 g/mol. The molecule has 0 nitrogen and oxygen atoms in total. The minimum absolute atomic E-state index is 1.18. The van der Waals surface area contributed by atoms with Crippen molar-refractivity contribution in [3.8, 4) is 0 Å². The van der Waals surface area contributed by atoms with E-state index in [1.807, 2.05) is 6.08 Å². The van der Waals surface area contributed by atoms with Crippen molar-refractivity contribution >= 4 is 0 Å². The molecule has 48 valence electrons. The molecular formula is C9H12. The molecule has 0 aromatic carbocycles. The predicted molar refractivity (Wildman–Crippen MR) is 41.3 cm³/mol. The monoisotopic (exact) mass is 120 g/mol. The minimum Gasteiger partial charge on any atom is -0.0991 e. The smallest absolute Gasteiger partial charge is 0.0273 e. The lowest BCUT2D eigenvalue weighted by atomic mass is 10.1. The van der Waals surface area contributed by atoms with Crippen LogP contribution in [-0.4, -0.2) is 0 Å². The van der Waals surface area contributed by atoms with Crippen LogP contribution in [0.1, 0.15) is 19.3 Å². The number of allylic oxidation sites excluding steroid dienone is 4. The second-order valence-corrected chi connectivity index (χ2v) is 2.38. The van der Waals surface area contributed by atoms with Crippen LogP contribution in [0, 0.1) is 0 Å². The summed E-state index contributed by atoms with van der Waals surface area (Å²) in [6.07, 6.45) is 7.56. The Morgan fingerprint density at radius 1 is 1.33 bits per heavy atom. The Bertz CT molecular complexity index is 161. The first-order chi connectivity index (χ1) is 4.34. The van der Waals surface area contributed by atoms with Gasteiger partial charge in [0.2, 0.25) is 0 Å². The zero-order valence-corrected chi connectivity index (χ0v) is 5.69. The molecule has 0 aromatic heterocycles. The fourth-order valence-electron chi connectivity index (χ4n) is 1.17. The predicted octanol–water partition coefficient (Wildman–Crippen LogP) is 2.84. The molecule has 1 aliphatic rings. The average molecular weight is 120 g/mol. The Morgan fingerprint density at radius 2 is 2.11 bits per heavy atom. The van der Waals surface area contributed by atoms with E-state index in [4.69, 9.17) is 0 Å². The van der Waals surface area contributed by atoms with E-state index >= 15 is 0 Å². The maximum absolute atomic E-state index is 3.94. The fraction of sp³-hybridized carbons (Fsp3) is 0.333. The van der Waals surface area contributed by atoms with Crippen LogP contribution in [0.5, 0.6) is 0 Å². The normalized spacial score (nSPS) is 23.1. The first-order valence-electron chi connectivity index (χ1n) is 3.34. The molecule has 1 aliphatic carbocycles. The van der Waals surface area contributed by atoms with E-state index in [9.17, 15) is 0 Å². The molecule has 1 fully saturated rings. The lowest BCUT2D eigenvalue weighted by Gasteiger charge is -1.92. The Balaban J connectivity index is 2.69. The van der Waals surface area contributed by atoms with Gasteiger partial charge in [-0.05, 0) is 24.8 Å². The Hall–Kier alpha value is -0.780. The standard InChI is InChI=1S/C9H12/c1-3-5-9-7-4-6-8(9)2/h3,5H,1-2,4,6-7H2. The van der Waals surface area contributed by atoms with E-state index in [0.29, 0.717) is 0 Å². The van der Waals surface area contributed by atoms with Crippen molar-refractivity contribution in [3.63, 3.8) is 0 Å². The van der Waals surface area contributed by atoms with Gasteiger partial charge in [0.25, 0.3) is 0 Å². The number of rotatable bonds is 1. The third kappa shape index (κ3) is 1.32. The summed E-state index contributed by atoms with van der Waals surface area (Å²) in [5.41, 5.74) is 2.69. The summed E-state index contributed by atoms with van der Waals surface area (Å²) in [6, 6.07) is 0.